The Balaban J connectivity index is 1.67. The van der Waals surface area contributed by atoms with Crippen molar-refractivity contribution in [1.29, 1.82) is 0 Å². The van der Waals surface area contributed by atoms with Crippen molar-refractivity contribution < 1.29 is 24.5 Å². The summed E-state index contributed by atoms with van der Waals surface area (Å²) in [5.41, 5.74) is 3.65. The van der Waals surface area contributed by atoms with Gasteiger partial charge in [0, 0.05) is 5.56 Å². The van der Waals surface area contributed by atoms with Gasteiger partial charge in [-0.1, -0.05) is 29.8 Å². The SMILES string of the molecule is Cc1ccc(Oc2nc3cc(-c4ccc(C(=O)O)cc4)c(Cl)cc3[nH]2)cc1C(=O)O. The third kappa shape index (κ3) is 3.70. The fourth-order valence-electron chi connectivity index (χ4n) is 3.08. The maximum Gasteiger partial charge on any atom is 0.336 e. The number of H-pyrrole nitrogens is 1. The van der Waals surface area contributed by atoms with E-state index in [2.05, 4.69) is 9.97 Å². The lowest BCUT2D eigenvalue weighted by molar-refractivity contribution is 0.0685. The highest BCUT2D eigenvalue weighted by Gasteiger charge is 2.13. The Bertz CT molecular complexity index is 1300. The molecular formula is C22H15ClN2O5. The van der Waals surface area contributed by atoms with Gasteiger partial charge in [0.1, 0.15) is 5.75 Å². The average Bonchev–Trinajstić information content (AvgIpc) is 3.09. The molecule has 3 aromatic carbocycles. The number of aryl methyl sites for hydroxylation is 1. The molecule has 0 spiro atoms. The number of imidazole rings is 1. The number of benzene rings is 3. The molecule has 0 atom stereocenters. The van der Waals surface area contributed by atoms with Gasteiger partial charge >= 0.3 is 11.9 Å². The van der Waals surface area contributed by atoms with Gasteiger partial charge in [-0.15, -0.1) is 0 Å². The summed E-state index contributed by atoms with van der Waals surface area (Å²) < 4.78 is 5.70. The summed E-state index contributed by atoms with van der Waals surface area (Å²) in [6, 6.07) is 14.8. The highest BCUT2D eigenvalue weighted by Crippen LogP contribution is 2.33. The first-order valence-electron chi connectivity index (χ1n) is 8.86. The van der Waals surface area contributed by atoms with Crippen LogP contribution in [0.3, 0.4) is 0 Å². The van der Waals surface area contributed by atoms with Crippen molar-refractivity contribution in [3.8, 4) is 22.9 Å². The van der Waals surface area contributed by atoms with Crippen LogP contribution in [0.4, 0.5) is 0 Å². The van der Waals surface area contributed by atoms with E-state index < -0.39 is 11.9 Å². The standard InChI is InChI=1S/C22H15ClN2O5/c1-11-2-7-14(8-15(11)21(28)29)30-22-24-18-9-16(17(23)10-19(18)25-22)12-3-5-13(6-4-12)20(26)27/h2-10H,1H3,(H,24,25)(H,26,27)(H,28,29). The summed E-state index contributed by atoms with van der Waals surface area (Å²) in [4.78, 5) is 29.8. The van der Waals surface area contributed by atoms with Crippen LogP contribution in [0.2, 0.25) is 5.02 Å². The zero-order valence-electron chi connectivity index (χ0n) is 15.6. The Labute approximate surface area is 175 Å². The number of ether oxygens (including phenoxy) is 1. The maximum atomic E-state index is 11.3. The molecule has 0 radical (unpaired) electrons. The lowest BCUT2D eigenvalue weighted by atomic mass is 10.0. The number of aromatic carboxylic acids is 2. The molecule has 0 aliphatic heterocycles. The quantitative estimate of drug-likeness (QED) is 0.398. The molecule has 0 fully saturated rings. The number of fused-ring (bicyclic) bond motifs is 1. The van der Waals surface area contributed by atoms with Crippen molar-refractivity contribution in [3.63, 3.8) is 0 Å². The van der Waals surface area contributed by atoms with E-state index in [0.29, 0.717) is 32.9 Å². The van der Waals surface area contributed by atoms with Crippen LogP contribution in [0.1, 0.15) is 26.3 Å². The Morgan fingerprint density at radius 2 is 1.73 bits per heavy atom. The summed E-state index contributed by atoms with van der Waals surface area (Å²) in [6.07, 6.45) is 0. The molecular weight excluding hydrogens is 408 g/mol. The summed E-state index contributed by atoms with van der Waals surface area (Å²) >= 11 is 6.41. The van der Waals surface area contributed by atoms with Crippen LogP contribution >= 0.6 is 11.6 Å². The average molecular weight is 423 g/mol. The van der Waals surface area contributed by atoms with Crippen LogP contribution in [0.25, 0.3) is 22.2 Å². The first-order valence-corrected chi connectivity index (χ1v) is 9.24. The first kappa shape index (κ1) is 19.5. The molecule has 0 amide bonds. The van der Waals surface area contributed by atoms with Gasteiger partial charge in [0.25, 0.3) is 6.01 Å². The summed E-state index contributed by atoms with van der Waals surface area (Å²) in [7, 11) is 0. The van der Waals surface area contributed by atoms with Crippen molar-refractivity contribution in [1.82, 2.24) is 9.97 Å². The minimum absolute atomic E-state index is 0.152. The molecule has 30 heavy (non-hydrogen) atoms. The van der Waals surface area contributed by atoms with Crippen molar-refractivity contribution in [2.75, 3.05) is 0 Å². The molecule has 150 valence electrons. The molecule has 0 unspecified atom stereocenters. The number of nitrogens with zero attached hydrogens (tertiary/aromatic N) is 1. The summed E-state index contributed by atoms with van der Waals surface area (Å²) in [5.74, 6) is -1.69. The Kier molecular flexibility index (Phi) is 4.89. The number of aromatic amines is 1. The van der Waals surface area contributed by atoms with E-state index in [1.807, 2.05) is 0 Å². The third-order valence-corrected chi connectivity index (χ3v) is 4.96. The predicted octanol–water partition coefficient (Wildman–Crippen LogP) is 5.38. The highest BCUT2D eigenvalue weighted by atomic mass is 35.5. The van der Waals surface area contributed by atoms with E-state index in [0.717, 1.165) is 5.56 Å². The van der Waals surface area contributed by atoms with Crippen LogP contribution in [0.5, 0.6) is 11.8 Å². The molecule has 8 heteroatoms. The number of hydrogen-bond donors (Lipinski definition) is 3. The first-order chi connectivity index (χ1) is 14.3. The van der Waals surface area contributed by atoms with Gasteiger partial charge in [0.15, 0.2) is 0 Å². The second kappa shape index (κ2) is 7.53. The largest absolute Gasteiger partial charge is 0.478 e. The van der Waals surface area contributed by atoms with E-state index in [1.165, 1.54) is 18.2 Å². The highest BCUT2D eigenvalue weighted by molar-refractivity contribution is 6.34. The molecule has 4 aromatic rings. The van der Waals surface area contributed by atoms with Crippen LogP contribution in [-0.4, -0.2) is 32.1 Å². The Morgan fingerprint density at radius 3 is 2.40 bits per heavy atom. The van der Waals surface area contributed by atoms with Crippen LogP contribution in [-0.2, 0) is 0 Å². The number of nitrogens with one attached hydrogen (secondary N) is 1. The molecule has 1 aromatic heterocycles. The van der Waals surface area contributed by atoms with E-state index in [1.54, 1.807) is 43.3 Å². The van der Waals surface area contributed by atoms with Gasteiger partial charge < -0.3 is 19.9 Å². The fraction of sp³-hybridized carbons (Fsp3) is 0.0455. The summed E-state index contributed by atoms with van der Waals surface area (Å²) in [6.45, 7) is 1.71. The smallest absolute Gasteiger partial charge is 0.336 e. The number of hydrogen-bond acceptors (Lipinski definition) is 4. The number of rotatable bonds is 5. The molecule has 0 aliphatic carbocycles. The van der Waals surface area contributed by atoms with Crippen molar-refractivity contribution in [2.45, 2.75) is 6.92 Å². The number of carboxylic acid groups (broad SMARTS) is 2. The summed E-state index contributed by atoms with van der Waals surface area (Å²) in [5, 5.41) is 18.8. The van der Waals surface area contributed by atoms with Gasteiger partial charge in [-0.3, -0.25) is 0 Å². The zero-order valence-corrected chi connectivity index (χ0v) is 16.4. The Morgan fingerprint density at radius 1 is 1.00 bits per heavy atom. The molecule has 0 aliphatic rings. The maximum absolute atomic E-state index is 11.3. The number of aromatic nitrogens is 2. The minimum atomic E-state index is -1.03. The molecule has 0 saturated carbocycles. The van der Waals surface area contributed by atoms with Crippen molar-refractivity contribution >= 4 is 34.6 Å². The lowest BCUT2D eigenvalue weighted by Gasteiger charge is -2.05. The zero-order chi connectivity index (χ0) is 21.4. The van der Waals surface area contributed by atoms with Gasteiger partial charge in [-0.25, -0.2) is 9.59 Å². The van der Waals surface area contributed by atoms with Crippen molar-refractivity contribution in [2.24, 2.45) is 0 Å². The normalized spacial score (nSPS) is 10.9. The van der Waals surface area contributed by atoms with E-state index in [9.17, 15) is 14.7 Å². The van der Waals surface area contributed by atoms with Crippen molar-refractivity contribution in [3.05, 3.63) is 76.3 Å². The van der Waals surface area contributed by atoms with Crippen LogP contribution < -0.4 is 4.74 Å². The number of halogens is 1. The molecule has 7 nitrogen and oxygen atoms in total. The molecule has 3 N–H and O–H groups in total. The number of carboxylic acids is 2. The monoisotopic (exact) mass is 422 g/mol. The van der Waals surface area contributed by atoms with Gasteiger partial charge in [0.05, 0.1) is 27.2 Å². The third-order valence-electron chi connectivity index (χ3n) is 4.65. The second-order valence-corrected chi connectivity index (χ2v) is 7.06. The van der Waals surface area contributed by atoms with Gasteiger partial charge in [-0.2, -0.15) is 4.98 Å². The lowest BCUT2D eigenvalue weighted by Crippen LogP contribution is -2.00. The Hall–Kier alpha value is -3.84. The predicted molar refractivity (Wildman–Crippen MR) is 112 cm³/mol. The number of carbonyl (C=O) groups is 2. The molecule has 1 heterocycles. The topological polar surface area (TPSA) is 113 Å². The fourth-order valence-corrected chi connectivity index (χ4v) is 3.35. The van der Waals surface area contributed by atoms with E-state index in [-0.39, 0.29) is 17.1 Å². The molecule has 0 bridgehead atoms. The van der Waals surface area contributed by atoms with Crippen LogP contribution in [0, 0.1) is 6.92 Å². The van der Waals surface area contributed by atoms with E-state index >= 15 is 0 Å². The molecule has 0 saturated heterocycles. The second-order valence-electron chi connectivity index (χ2n) is 6.66. The van der Waals surface area contributed by atoms with Gasteiger partial charge in [-0.05, 0) is 54.4 Å². The van der Waals surface area contributed by atoms with Gasteiger partial charge in [0.2, 0.25) is 0 Å². The molecule has 4 rings (SSSR count). The van der Waals surface area contributed by atoms with Crippen LogP contribution in [0.15, 0.2) is 54.6 Å². The minimum Gasteiger partial charge on any atom is -0.478 e. The van der Waals surface area contributed by atoms with E-state index in [4.69, 9.17) is 21.4 Å².